The van der Waals surface area contributed by atoms with E-state index in [9.17, 15) is 0 Å². The predicted molar refractivity (Wildman–Crippen MR) is 23.7 cm³/mol. The fraction of sp³-hybridized carbons (Fsp3) is 0. The van der Waals surface area contributed by atoms with Crippen LogP contribution in [0.15, 0.2) is 0 Å². The van der Waals surface area contributed by atoms with Gasteiger partial charge >= 0.3 is 0 Å². The molecule has 0 aliphatic carbocycles. The molecule has 0 saturated carbocycles. The summed E-state index contributed by atoms with van der Waals surface area (Å²) in [5.41, 5.74) is 0. The zero-order chi connectivity index (χ0) is 0. The molecule has 11 N–H and O–H groups in total. The van der Waals surface area contributed by atoms with E-state index in [0.717, 1.165) is 0 Å². The second-order valence-corrected chi connectivity index (χ2v) is 0. The minimum Gasteiger partial charge on any atom is -0.412 e. The molecule has 0 fully saturated rings. The van der Waals surface area contributed by atoms with Crippen molar-refractivity contribution < 1.29 is 14.9 Å². The van der Waals surface area contributed by atoms with Crippen molar-refractivity contribution in [1.82, 2.24) is 18.5 Å². The second kappa shape index (κ2) is 715. The lowest BCUT2D eigenvalue weighted by molar-refractivity contribution is 0.824. The second-order valence-electron chi connectivity index (χ2n) is 0. The normalized spacial score (nSPS) is 0. The van der Waals surface area contributed by atoms with Gasteiger partial charge in [0, 0.05) is 0 Å². The third kappa shape index (κ3) is 300. The van der Waals surface area contributed by atoms with Crippen LogP contribution in [0.5, 0.6) is 0 Å². The summed E-state index contributed by atoms with van der Waals surface area (Å²) >= 11 is 0. The van der Waals surface area contributed by atoms with E-state index in [0.29, 0.717) is 0 Å². The summed E-state index contributed by atoms with van der Waals surface area (Å²) in [6.45, 7) is 0. The summed E-state index contributed by atoms with van der Waals surface area (Å²) in [4.78, 5) is 0. The van der Waals surface area contributed by atoms with Gasteiger partial charge in [-0.2, -0.15) is 0 Å². The Labute approximate surface area is 34.7 Å². The van der Waals surface area contributed by atoms with Crippen molar-refractivity contribution in [1.29, 1.82) is 0 Å². The minimum atomic E-state index is 0. The van der Waals surface area contributed by atoms with Gasteiger partial charge in [-0.15, -0.1) is 0 Å². The van der Waals surface area contributed by atoms with Crippen LogP contribution in [0, 0.1) is 0 Å². The first-order valence-electron chi connectivity index (χ1n) is 0. The molecule has 6 heavy (non-hydrogen) atoms. The van der Waals surface area contributed by atoms with E-state index in [4.69, 9.17) is 0 Å². The van der Waals surface area contributed by atoms with Gasteiger partial charge in [0.25, 0.3) is 0 Å². The Morgan fingerprint density at radius 2 is 0.500 bits per heavy atom. The van der Waals surface area contributed by atoms with Gasteiger partial charge < -0.3 is 23.9 Å². The van der Waals surface area contributed by atoms with Crippen LogP contribution in [-0.2, 0) is 0 Å². The highest BCUT2D eigenvalue weighted by Gasteiger charge is -0.268. The van der Waals surface area contributed by atoms with Crippen molar-refractivity contribution in [3.05, 3.63) is 0 Å². The first-order valence-corrected chi connectivity index (χ1v) is 0. The summed E-state index contributed by atoms with van der Waals surface area (Å²) in [5.74, 6) is 0. The molecule has 0 spiro atoms. The van der Waals surface area contributed by atoms with E-state index in [2.05, 4.69) is 0 Å². The summed E-state index contributed by atoms with van der Waals surface area (Å²) < 4.78 is 0. The van der Waals surface area contributed by atoms with Crippen molar-refractivity contribution >= 4 is 0 Å². The lowest BCUT2D eigenvalue weighted by atomic mass is 14.0. The van der Waals surface area contributed by atoms with E-state index in [1.165, 1.54) is 0 Å². The molecule has 0 aromatic rings. The molecule has 48 valence electrons. The summed E-state index contributed by atoms with van der Waals surface area (Å²) in [7, 11) is 0. The van der Waals surface area contributed by atoms with Crippen LogP contribution in [0.2, 0.25) is 0 Å². The van der Waals surface area contributed by atoms with Gasteiger partial charge in [-0.1, -0.05) is 0 Å². The van der Waals surface area contributed by atoms with Crippen LogP contribution in [-0.4, -0.2) is 5.48 Å². The molecule has 0 amide bonds. The summed E-state index contributed by atoms with van der Waals surface area (Å²) in [5, 5.41) is 0. The topological polar surface area (TPSA) is 136 Å². The number of hydrogen-bond acceptors (Lipinski definition) is 3. The van der Waals surface area contributed by atoms with E-state index in [-0.39, 0.29) is 33.3 Å². The largest absolute Gasteiger partial charge is 0.412 e. The van der Waals surface area contributed by atoms with Gasteiger partial charge in [-0.05, 0) is 0 Å². The Hall–Kier alpha value is -0.300. The van der Waals surface area contributed by atoms with Crippen molar-refractivity contribution in [3.63, 3.8) is 0 Å². The molecular formula is H13F2N3O. The zero-order valence-corrected chi connectivity index (χ0v) is 3.44. The highest BCUT2D eigenvalue weighted by molar-refractivity contribution is 2.14. The lowest BCUT2D eigenvalue weighted by Gasteiger charge is -0.412. The molecule has 0 atom stereocenters. The fourth-order valence-corrected chi connectivity index (χ4v) is 0. The molecule has 6 heteroatoms. The standard InChI is InChI=1S/2FH.3H3N.H2O/h2*1H;3*1H3;1H2. The smallest absolute Gasteiger partial charge is 0.269 e. The Morgan fingerprint density at radius 1 is 0.500 bits per heavy atom. The van der Waals surface area contributed by atoms with Gasteiger partial charge in [-0.3, -0.25) is 9.41 Å². The van der Waals surface area contributed by atoms with Gasteiger partial charge in [0.15, 0.2) is 0 Å². The van der Waals surface area contributed by atoms with E-state index in [1.807, 2.05) is 0 Å². The molecule has 0 radical (unpaired) electrons. The van der Waals surface area contributed by atoms with Crippen molar-refractivity contribution in [3.8, 4) is 0 Å². The van der Waals surface area contributed by atoms with E-state index >= 15 is 0 Å². The number of halogens is 2. The molecule has 0 aliphatic heterocycles. The molecule has 0 unspecified atom stereocenters. The highest BCUT2D eigenvalue weighted by Crippen LogP contribution is 0.421. The first-order chi connectivity index (χ1) is 0. The highest BCUT2D eigenvalue weighted by atomic mass is 19.0. The van der Waals surface area contributed by atoms with Crippen molar-refractivity contribution in [2.45, 2.75) is 0 Å². The molecule has 0 aromatic heterocycles. The molecule has 0 aliphatic rings. The van der Waals surface area contributed by atoms with Gasteiger partial charge in [0.2, 0.25) is 0 Å². The number of rotatable bonds is 0. The van der Waals surface area contributed by atoms with Gasteiger partial charge in [0.1, 0.15) is 0 Å². The van der Waals surface area contributed by atoms with Crippen LogP contribution in [0.1, 0.15) is 0 Å². The average Bonchev–Trinajstić information content (AvgIpc) is 0. The van der Waals surface area contributed by atoms with Gasteiger partial charge in [-0.25, -0.2) is 0 Å². The van der Waals surface area contributed by atoms with Crippen LogP contribution in [0.4, 0.5) is 9.41 Å². The monoisotopic (exact) mass is 109 g/mol. The molecular weight excluding hydrogens is 96.0 g/mol. The summed E-state index contributed by atoms with van der Waals surface area (Å²) in [6, 6.07) is 0. The van der Waals surface area contributed by atoms with Crippen molar-refractivity contribution in [2.24, 2.45) is 0 Å². The average molecular weight is 109 g/mol. The molecule has 0 rings (SSSR count). The number of hydrogen-bond donors (Lipinski definition) is 3. The Morgan fingerprint density at radius 3 is 0.500 bits per heavy atom. The molecule has 0 aromatic carbocycles. The predicted octanol–water partition coefficient (Wildman–Crippen LogP) is -0.0337. The van der Waals surface area contributed by atoms with Gasteiger partial charge in [0.05, 0.1) is 0 Å². The molecule has 0 saturated heterocycles. The Bertz CT molecular complexity index is 8.75. The maximum absolute atomic E-state index is 0. The maximum Gasteiger partial charge on any atom is -0.269 e. The van der Waals surface area contributed by atoms with Crippen molar-refractivity contribution in [2.75, 3.05) is 0 Å². The summed E-state index contributed by atoms with van der Waals surface area (Å²) in [6.07, 6.45) is 0. The Balaban J connectivity index is 0. The van der Waals surface area contributed by atoms with E-state index in [1.54, 1.807) is 0 Å². The first kappa shape index (κ1) is 1400. The quantitative estimate of drug-likeness (QED) is 0.402. The fourth-order valence-electron chi connectivity index (χ4n) is 0. The molecule has 0 heterocycles. The van der Waals surface area contributed by atoms with Crippen LogP contribution in [0.3, 0.4) is 0 Å². The SMILES string of the molecule is F.F.N.N.N.O. The van der Waals surface area contributed by atoms with Crippen LogP contribution < -0.4 is 18.5 Å². The zero-order valence-electron chi connectivity index (χ0n) is 3.44. The molecule has 4 nitrogen and oxygen atoms in total. The third-order valence-corrected chi connectivity index (χ3v) is 0. The maximum atomic E-state index is 0. The third-order valence-electron chi connectivity index (χ3n) is 0. The lowest BCUT2D eigenvalue weighted by Crippen LogP contribution is -0.482. The molecule has 0 bridgehead atoms. The van der Waals surface area contributed by atoms with Crippen LogP contribution in [0.25, 0.3) is 0 Å². The van der Waals surface area contributed by atoms with E-state index < -0.39 is 0 Å². The van der Waals surface area contributed by atoms with Crippen LogP contribution >= 0.6 is 0 Å². The Kier molecular flexibility index (Phi) is 167000. The minimum absolute atomic E-state index is 0.